The van der Waals surface area contributed by atoms with Crippen molar-refractivity contribution in [2.24, 2.45) is 0 Å². The van der Waals surface area contributed by atoms with E-state index in [1.54, 1.807) is 34.8 Å². The Morgan fingerprint density at radius 3 is 1.31 bits per heavy atom. The van der Waals surface area contributed by atoms with Crippen LogP contribution in [-0.2, 0) is 43.1 Å². The quantitative estimate of drug-likeness (QED) is 0.0376. The molecule has 98 heavy (non-hydrogen) atoms. The number of benzene rings is 9. The SMILES string of the molecule is COc1ccc(C(OCc2cc(COc3ncnc4c3ncn4[C@H]3C[C@H](O[Si](C)(C)C(C)(C)C)[C@@H](COC(c4ccccc4)(c4ccc(OC)cc4)c4ccc(OC)cc4)O3)cc(O[Si](c3ccccc3)(c3ccccc3)C(C)(C)C)c2)(c2ccccc2)c2ccc(OC)cc2)cc1. The zero-order valence-electron chi connectivity index (χ0n) is 58.1. The molecule has 0 radical (unpaired) electrons. The van der Waals surface area contributed by atoms with E-state index in [9.17, 15) is 0 Å². The third-order valence-corrected chi connectivity index (χ3v) is 28.9. The third-order valence-electron chi connectivity index (χ3n) is 19.4. The lowest BCUT2D eigenvalue weighted by atomic mass is 9.80. The average molecular weight is 1350 g/mol. The minimum absolute atomic E-state index is 0.0953. The van der Waals surface area contributed by atoms with Gasteiger partial charge in [-0.25, -0.2) is 9.97 Å². The van der Waals surface area contributed by atoms with Crippen LogP contribution in [0.4, 0.5) is 0 Å². The van der Waals surface area contributed by atoms with E-state index in [1.807, 2.05) is 89.5 Å². The second-order valence-electron chi connectivity index (χ2n) is 27.4. The third kappa shape index (κ3) is 13.8. The molecule has 504 valence electrons. The zero-order chi connectivity index (χ0) is 68.7. The van der Waals surface area contributed by atoms with E-state index >= 15 is 0 Å². The molecule has 0 amide bonds. The lowest BCUT2D eigenvalue weighted by molar-refractivity contribution is -0.0914. The second kappa shape index (κ2) is 29.0. The van der Waals surface area contributed by atoms with Crippen LogP contribution in [-0.4, -0.2) is 83.4 Å². The second-order valence-corrected chi connectivity index (χ2v) is 36.4. The van der Waals surface area contributed by atoms with Crippen molar-refractivity contribution in [1.29, 1.82) is 0 Å². The predicted octanol–water partition coefficient (Wildman–Crippen LogP) is 16.6. The number of hydrogen-bond donors (Lipinski definition) is 0. The molecule has 0 saturated carbocycles. The van der Waals surface area contributed by atoms with E-state index in [4.69, 9.17) is 61.7 Å². The molecule has 0 unspecified atom stereocenters. The number of hydrogen-bond acceptors (Lipinski definition) is 13. The van der Waals surface area contributed by atoms with Crippen LogP contribution < -0.4 is 38.5 Å². The van der Waals surface area contributed by atoms with Crippen molar-refractivity contribution in [3.05, 3.63) is 294 Å². The van der Waals surface area contributed by atoms with E-state index in [0.29, 0.717) is 29.2 Å². The highest BCUT2D eigenvalue weighted by atomic mass is 28.4. The van der Waals surface area contributed by atoms with Gasteiger partial charge in [0.15, 0.2) is 19.5 Å². The lowest BCUT2D eigenvalue weighted by Gasteiger charge is -2.43. The number of nitrogens with zero attached hydrogens (tertiary/aromatic N) is 4. The molecule has 1 fully saturated rings. The topological polar surface area (TPSA) is 136 Å². The predicted molar refractivity (Wildman–Crippen MR) is 390 cm³/mol. The molecule has 16 heteroatoms. The Hall–Kier alpha value is -9.40. The van der Waals surface area contributed by atoms with Gasteiger partial charge in [-0.05, 0) is 145 Å². The van der Waals surface area contributed by atoms with Gasteiger partial charge in [0.05, 0.1) is 54.1 Å². The summed E-state index contributed by atoms with van der Waals surface area (Å²) < 4.78 is 69.2. The standard InChI is InChI=1S/C82H88N4O10Si2/c1-79(2,3)97(11,12)96-73-52-75(94-74(73)55-93-82(61-27-19-14-20-28-61,64-37-45-68(89-9)46-38-64)65-39-47-69(90-10)48-40-65)86-57-85-76-77(86)83-56-84-78(76)91-53-58-49-59(51-70(50-58)95-98(80(4,5)6,71-29-21-15-22-30-71)72-31-23-16-24-32-72)54-92-81(60-25-17-13-18-26-60,62-33-41-66(87-7)42-34-62)63-35-43-67(88-8)44-36-63/h13-51,56-57,73-75H,52-55H2,1-12H3/t73-,74+,75+/m0/s1. The van der Waals surface area contributed by atoms with Crippen molar-refractivity contribution in [3.8, 4) is 34.6 Å². The highest BCUT2D eigenvalue weighted by molar-refractivity contribution is 7.00. The van der Waals surface area contributed by atoms with Crippen LogP contribution in [0.15, 0.2) is 249 Å². The first kappa shape index (κ1) is 68.5. The molecule has 11 aromatic rings. The maximum Gasteiger partial charge on any atom is 0.319 e. The van der Waals surface area contributed by atoms with Gasteiger partial charge in [-0.3, -0.25) is 4.57 Å². The minimum Gasteiger partial charge on any atom is -0.534 e. The maximum atomic E-state index is 7.84. The summed E-state index contributed by atoms with van der Waals surface area (Å²) in [5, 5.41) is 1.85. The van der Waals surface area contributed by atoms with E-state index in [2.05, 4.69) is 206 Å². The number of imidazole rings is 1. The fourth-order valence-corrected chi connectivity index (χ4v) is 19.1. The van der Waals surface area contributed by atoms with Crippen molar-refractivity contribution in [2.45, 2.75) is 114 Å². The van der Waals surface area contributed by atoms with E-state index in [-0.39, 0.29) is 36.0 Å². The van der Waals surface area contributed by atoms with Crippen molar-refractivity contribution in [1.82, 2.24) is 19.5 Å². The summed E-state index contributed by atoms with van der Waals surface area (Å²) in [7, 11) is 1.10. The van der Waals surface area contributed by atoms with Crippen molar-refractivity contribution in [2.75, 3.05) is 35.0 Å². The summed E-state index contributed by atoms with van der Waals surface area (Å²) in [5.41, 5.74) is 6.06. The number of aromatic nitrogens is 4. The highest BCUT2D eigenvalue weighted by Crippen LogP contribution is 2.48. The summed E-state index contributed by atoms with van der Waals surface area (Å²) >= 11 is 0. The van der Waals surface area contributed by atoms with Gasteiger partial charge in [-0.15, -0.1) is 0 Å². The number of ether oxygens (including phenoxy) is 8. The molecule has 14 nitrogen and oxygen atoms in total. The van der Waals surface area contributed by atoms with Gasteiger partial charge in [-0.1, -0.05) is 211 Å². The largest absolute Gasteiger partial charge is 0.534 e. The van der Waals surface area contributed by atoms with Gasteiger partial charge in [0, 0.05) is 6.42 Å². The Kier molecular flexibility index (Phi) is 20.3. The summed E-state index contributed by atoms with van der Waals surface area (Å²) in [5.74, 6) is 3.93. The van der Waals surface area contributed by atoms with Crippen LogP contribution in [0.25, 0.3) is 11.2 Å². The van der Waals surface area contributed by atoms with Crippen LogP contribution in [0.1, 0.15) is 98.7 Å². The van der Waals surface area contributed by atoms with Crippen LogP contribution in [0.5, 0.6) is 34.6 Å². The molecule has 3 heterocycles. The molecule has 0 N–H and O–H groups in total. The van der Waals surface area contributed by atoms with E-state index in [0.717, 1.165) is 77.9 Å². The van der Waals surface area contributed by atoms with Crippen LogP contribution >= 0.6 is 0 Å². The highest BCUT2D eigenvalue weighted by Gasteiger charge is 2.53. The Morgan fingerprint density at radius 2 is 0.878 bits per heavy atom. The normalized spacial score (nSPS) is 15.4. The Labute approximate surface area is 578 Å². The molecular formula is C82H88N4O10Si2. The van der Waals surface area contributed by atoms with Crippen LogP contribution in [0.2, 0.25) is 23.2 Å². The molecule has 0 spiro atoms. The summed E-state index contributed by atoms with van der Waals surface area (Å²) in [4.78, 5) is 14.7. The smallest absolute Gasteiger partial charge is 0.319 e. The van der Waals surface area contributed by atoms with E-state index in [1.165, 1.54) is 6.33 Å². The fourth-order valence-electron chi connectivity index (χ4n) is 13.3. The summed E-state index contributed by atoms with van der Waals surface area (Å²) in [6, 6.07) is 80.6. The molecule has 1 saturated heterocycles. The molecular weight excluding hydrogens is 1260 g/mol. The monoisotopic (exact) mass is 1340 g/mol. The fraction of sp³-hybridized carbons (Fsp3) is 0.280. The molecule has 12 rings (SSSR count). The van der Waals surface area contributed by atoms with Gasteiger partial charge in [0.2, 0.25) is 5.88 Å². The molecule has 9 aromatic carbocycles. The molecule has 0 bridgehead atoms. The van der Waals surface area contributed by atoms with Crippen LogP contribution in [0.3, 0.4) is 0 Å². The number of rotatable bonds is 26. The molecule has 1 aliphatic heterocycles. The average Bonchev–Trinajstić information content (AvgIpc) is 0.994. The summed E-state index contributed by atoms with van der Waals surface area (Å²) in [6.45, 7) is 18.6. The molecule has 1 aliphatic rings. The summed E-state index contributed by atoms with van der Waals surface area (Å²) in [6.07, 6.45) is 2.36. The Balaban J connectivity index is 0.911. The lowest BCUT2D eigenvalue weighted by Crippen LogP contribution is -2.68. The van der Waals surface area contributed by atoms with Gasteiger partial charge in [0.1, 0.15) is 65.2 Å². The number of methoxy groups -OCH3 is 4. The Bertz CT molecular complexity index is 4270. The van der Waals surface area contributed by atoms with Crippen molar-refractivity contribution in [3.63, 3.8) is 0 Å². The molecule has 0 aliphatic carbocycles. The first-order valence-corrected chi connectivity index (χ1v) is 38.2. The van der Waals surface area contributed by atoms with Gasteiger partial charge < -0.3 is 46.7 Å². The minimum atomic E-state index is -3.18. The van der Waals surface area contributed by atoms with Crippen LogP contribution in [0, 0.1) is 0 Å². The van der Waals surface area contributed by atoms with Gasteiger partial charge in [-0.2, -0.15) is 4.98 Å². The first-order chi connectivity index (χ1) is 47.3. The van der Waals surface area contributed by atoms with Crippen molar-refractivity contribution < 1.29 is 46.7 Å². The number of fused-ring (bicyclic) bond motifs is 1. The van der Waals surface area contributed by atoms with E-state index < -0.39 is 40.2 Å². The maximum absolute atomic E-state index is 7.84. The van der Waals surface area contributed by atoms with Gasteiger partial charge >= 0.3 is 8.32 Å². The molecule has 3 atom stereocenters. The first-order valence-electron chi connectivity index (χ1n) is 33.4. The molecule has 2 aromatic heterocycles. The zero-order valence-corrected chi connectivity index (χ0v) is 60.1. The van der Waals surface area contributed by atoms with Gasteiger partial charge in [0.25, 0.3) is 0 Å². The Morgan fingerprint density at radius 1 is 0.459 bits per heavy atom. The van der Waals surface area contributed by atoms with Crippen molar-refractivity contribution >= 4 is 38.2 Å².